The molecule has 258 valence electrons. The van der Waals surface area contributed by atoms with Gasteiger partial charge in [0.15, 0.2) is 0 Å². The zero-order valence-corrected chi connectivity index (χ0v) is 28.7. The summed E-state index contributed by atoms with van der Waals surface area (Å²) in [5.74, 6) is 1.89. The molecule has 2 aliphatic heterocycles. The Labute approximate surface area is 301 Å². The van der Waals surface area contributed by atoms with Gasteiger partial charge in [-0.2, -0.15) is 0 Å². The van der Waals surface area contributed by atoms with Crippen molar-refractivity contribution in [2.75, 3.05) is 13.1 Å². The van der Waals surface area contributed by atoms with Crippen molar-refractivity contribution in [3.05, 3.63) is 132 Å². The first-order valence-electron chi connectivity index (χ1n) is 18.0. The average molecular weight is 687 g/mol. The molecule has 7 aromatic rings. The summed E-state index contributed by atoms with van der Waals surface area (Å²) in [6.45, 7) is 1.47. The molecule has 2 saturated heterocycles. The van der Waals surface area contributed by atoms with Crippen LogP contribution < -0.4 is 0 Å². The quantitative estimate of drug-likeness (QED) is 0.172. The Morgan fingerprint density at radius 3 is 1.46 bits per heavy atom. The van der Waals surface area contributed by atoms with Gasteiger partial charge >= 0.3 is 0 Å². The third-order valence-corrected chi connectivity index (χ3v) is 10.5. The van der Waals surface area contributed by atoms with E-state index < -0.39 is 0 Å². The number of imidazole rings is 2. The Bertz CT molecular complexity index is 2220. The standard InChI is InChI=1S/C42H38N8O2/c51-39(21-27-5-1-17-43-25-27)49-19-3-7-37(49)41-45-33-15-13-31(23-35(33)47-41)29-9-11-30(12-10-29)32-14-16-34-36(24-32)48-42(46-34)38-8-4-20-50(38)40(52)22-28-6-2-18-44-26-28/h1-2,5-6,9-18,23-26,37-38H,3-4,7-8,19-22H2,(H,45,47)(H,46,48)/t37-,38-/m0/s1. The van der Waals surface area contributed by atoms with Gasteiger partial charge in [0.1, 0.15) is 11.6 Å². The van der Waals surface area contributed by atoms with Gasteiger partial charge in [0, 0.05) is 37.9 Å². The molecule has 2 aliphatic rings. The smallest absolute Gasteiger partial charge is 0.227 e. The fourth-order valence-electron chi connectivity index (χ4n) is 7.85. The Morgan fingerprint density at radius 2 is 1.04 bits per heavy atom. The Hall–Kier alpha value is -6.16. The van der Waals surface area contributed by atoms with Crippen molar-refractivity contribution in [1.29, 1.82) is 0 Å². The van der Waals surface area contributed by atoms with Gasteiger partial charge in [0.2, 0.25) is 11.8 Å². The van der Waals surface area contributed by atoms with E-state index in [4.69, 9.17) is 9.97 Å². The van der Waals surface area contributed by atoms with Crippen LogP contribution in [0.1, 0.15) is 60.5 Å². The number of pyridine rings is 2. The lowest BCUT2D eigenvalue weighted by Crippen LogP contribution is -2.32. The molecule has 2 fully saturated rings. The van der Waals surface area contributed by atoms with Crippen LogP contribution in [0.2, 0.25) is 0 Å². The summed E-state index contributed by atoms with van der Waals surface area (Å²) in [4.78, 5) is 55.6. The minimum absolute atomic E-state index is 0.0559. The number of fused-ring (bicyclic) bond motifs is 2. The van der Waals surface area contributed by atoms with Gasteiger partial charge in [-0.3, -0.25) is 19.6 Å². The van der Waals surface area contributed by atoms with E-state index in [-0.39, 0.29) is 23.9 Å². The second kappa shape index (κ2) is 13.5. The zero-order chi connectivity index (χ0) is 35.0. The zero-order valence-electron chi connectivity index (χ0n) is 28.7. The third kappa shape index (κ3) is 6.21. The molecule has 0 unspecified atom stereocenters. The van der Waals surface area contributed by atoms with Crippen molar-refractivity contribution in [3.63, 3.8) is 0 Å². The Kier molecular flexibility index (Phi) is 8.27. The lowest BCUT2D eigenvalue weighted by atomic mass is 10.00. The summed E-state index contributed by atoms with van der Waals surface area (Å²) < 4.78 is 0. The molecule has 0 spiro atoms. The molecule has 3 aromatic carbocycles. The van der Waals surface area contributed by atoms with Gasteiger partial charge in [0.05, 0.1) is 47.0 Å². The highest BCUT2D eigenvalue weighted by Crippen LogP contribution is 2.35. The topological polar surface area (TPSA) is 124 Å². The van der Waals surface area contributed by atoms with Crippen LogP contribution in [-0.4, -0.2) is 64.6 Å². The molecule has 0 aliphatic carbocycles. The number of aromatic amines is 2. The van der Waals surface area contributed by atoms with E-state index in [9.17, 15) is 9.59 Å². The predicted molar refractivity (Wildman–Crippen MR) is 200 cm³/mol. The van der Waals surface area contributed by atoms with Crippen molar-refractivity contribution in [3.8, 4) is 22.3 Å². The van der Waals surface area contributed by atoms with Gasteiger partial charge < -0.3 is 19.8 Å². The van der Waals surface area contributed by atoms with Gasteiger partial charge in [-0.25, -0.2) is 9.97 Å². The monoisotopic (exact) mass is 686 g/mol. The fraction of sp³-hybridized carbons (Fsp3) is 0.238. The predicted octanol–water partition coefficient (Wildman–Crippen LogP) is 7.38. The number of aromatic nitrogens is 6. The highest BCUT2D eigenvalue weighted by atomic mass is 16.2. The van der Waals surface area contributed by atoms with Crippen LogP contribution in [0.15, 0.2) is 110 Å². The summed E-state index contributed by atoms with van der Waals surface area (Å²) in [6, 6.07) is 28.7. The number of H-pyrrole nitrogens is 2. The molecular weight excluding hydrogens is 649 g/mol. The molecule has 0 bridgehead atoms. The molecule has 2 atom stereocenters. The molecular formula is C42H38N8O2. The molecule has 10 heteroatoms. The number of rotatable bonds is 8. The molecule has 52 heavy (non-hydrogen) atoms. The van der Waals surface area contributed by atoms with E-state index >= 15 is 0 Å². The lowest BCUT2D eigenvalue weighted by molar-refractivity contribution is -0.132. The molecule has 2 amide bonds. The van der Waals surface area contributed by atoms with Crippen LogP contribution in [0, 0.1) is 0 Å². The number of likely N-dealkylation sites (tertiary alicyclic amines) is 2. The normalized spacial score (nSPS) is 17.4. The Balaban J connectivity index is 0.902. The minimum Gasteiger partial charge on any atom is -0.340 e. The van der Waals surface area contributed by atoms with E-state index in [1.807, 2.05) is 34.1 Å². The van der Waals surface area contributed by atoms with Gasteiger partial charge in [-0.05, 0) is 95.5 Å². The number of amides is 2. The second-order valence-electron chi connectivity index (χ2n) is 13.9. The first-order chi connectivity index (χ1) is 25.6. The highest BCUT2D eigenvalue weighted by molar-refractivity contribution is 5.85. The minimum atomic E-state index is -0.0559. The molecule has 4 aromatic heterocycles. The van der Waals surface area contributed by atoms with Crippen LogP contribution in [0.5, 0.6) is 0 Å². The van der Waals surface area contributed by atoms with Crippen LogP contribution in [0.3, 0.4) is 0 Å². The molecule has 10 nitrogen and oxygen atoms in total. The van der Waals surface area contributed by atoms with E-state index in [0.717, 1.165) is 106 Å². The van der Waals surface area contributed by atoms with E-state index in [2.05, 4.69) is 80.6 Å². The molecule has 6 heterocycles. The SMILES string of the molecule is O=C(Cc1cccnc1)N1CCC[C@H]1c1nc2ccc(-c3ccc(-c4ccc5nc([C@@H]6CCCN6C(=O)Cc6cccnc6)[nH]c5c4)cc3)cc2[nH]1. The van der Waals surface area contributed by atoms with Crippen molar-refractivity contribution in [1.82, 2.24) is 39.7 Å². The molecule has 2 N–H and O–H groups in total. The maximum Gasteiger partial charge on any atom is 0.227 e. The van der Waals surface area contributed by atoms with E-state index in [0.29, 0.717) is 12.8 Å². The molecule has 0 radical (unpaired) electrons. The summed E-state index contributed by atoms with van der Waals surface area (Å²) in [7, 11) is 0. The maximum atomic E-state index is 13.2. The van der Waals surface area contributed by atoms with Crippen LogP contribution in [-0.2, 0) is 22.4 Å². The van der Waals surface area contributed by atoms with Crippen molar-refractivity contribution in [2.45, 2.75) is 50.6 Å². The summed E-state index contributed by atoms with van der Waals surface area (Å²) in [6.07, 6.45) is 11.4. The summed E-state index contributed by atoms with van der Waals surface area (Å²) in [5, 5.41) is 0. The largest absolute Gasteiger partial charge is 0.340 e. The lowest BCUT2D eigenvalue weighted by Gasteiger charge is -2.23. The van der Waals surface area contributed by atoms with Crippen LogP contribution in [0.25, 0.3) is 44.3 Å². The first-order valence-corrected chi connectivity index (χ1v) is 18.0. The number of benzene rings is 3. The average Bonchev–Trinajstić information content (AvgIpc) is 4.00. The number of carbonyl (C=O) groups excluding carboxylic acids is 2. The fourth-order valence-corrected chi connectivity index (χ4v) is 7.85. The van der Waals surface area contributed by atoms with Crippen molar-refractivity contribution in [2.24, 2.45) is 0 Å². The highest BCUT2D eigenvalue weighted by Gasteiger charge is 2.33. The second-order valence-corrected chi connectivity index (χ2v) is 13.9. The summed E-state index contributed by atoms with van der Waals surface area (Å²) in [5.41, 5.74) is 9.97. The Morgan fingerprint density at radius 1 is 0.596 bits per heavy atom. The first kappa shape index (κ1) is 31.8. The number of nitrogens with zero attached hydrogens (tertiary/aromatic N) is 6. The van der Waals surface area contributed by atoms with E-state index in [1.54, 1.807) is 24.8 Å². The summed E-state index contributed by atoms with van der Waals surface area (Å²) >= 11 is 0. The van der Waals surface area contributed by atoms with Crippen molar-refractivity contribution < 1.29 is 9.59 Å². The van der Waals surface area contributed by atoms with Crippen LogP contribution in [0.4, 0.5) is 0 Å². The van der Waals surface area contributed by atoms with Gasteiger partial charge in [-0.1, -0.05) is 48.5 Å². The third-order valence-electron chi connectivity index (χ3n) is 10.5. The molecule has 0 saturated carbocycles. The van der Waals surface area contributed by atoms with Crippen molar-refractivity contribution >= 4 is 33.9 Å². The van der Waals surface area contributed by atoms with Gasteiger partial charge in [0.25, 0.3) is 0 Å². The van der Waals surface area contributed by atoms with Gasteiger partial charge in [-0.15, -0.1) is 0 Å². The molecule has 9 rings (SSSR count). The maximum absolute atomic E-state index is 13.2. The number of hydrogen-bond donors (Lipinski definition) is 2. The van der Waals surface area contributed by atoms with Crippen LogP contribution >= 0.6 is 0 Å². The van der Waals surface area contributed by atoms with E-state index in [1.165, 1.54) is 0 Å². The number of carbonyl (C=O) groups is 2. The number of nitrogens with one attached hydrogen (secondary N) is 2. The number of hydrogen-bond acceptors (Lipinski definition) is 6.